The van der Waals surface area contributed by atoms with Crippen LogP contribution in [-0.4, -0.2) is 20.4 Å². The van der Waals surface area contributed by atoms with E-state index < -0.39 is 0 Å². The molecule has 4 rings (SSSR count). The minimum absolute atomic E-state index is 0.212. The zero-order chi connectivity index (χ0) is 20.9. The minimum Gasteiger partial charge on any atom is -0.467 e. The Morgan fingerprint density at radius 1 is 1.07 bits per heavy atom. The molecule has 4 aromatic rings. The standard InChI is InChI=1S/C24H22FN3O2/c1-18-4-6-19(7-5-18)15-27-13-12-26-23(27)17-28(16-22-3-2-14-30-22)24(29)20-8-10-21(25)11-9-20/h2-14H,15-17H2,1H3. The zero-order valence-corrected chi connectivity index (χ0v) is 16.7. The van der Waals surface area contributed by atoms with Crippen LogP contribution in [0, 0.1) is 12.7 Å². The van der Waals surface area contributed by atoms with Gasteiger partial charge in [-0.15, -0.1) is 0 Å². The molecule has 0 aliphatic rings. The molecule has 0 atom stereocenters. The molecule has 2 aromatic carbocycles. The number of halogens is 1. The molecule has 0 N–H and O–H groups in total. The lowest BCUT2D eigenvalue weighted by Crippen LogP contribution is -2.31. The summed E-state index contributed by atoms with van der Waals surface area (Å²) >= 11 is 0. The van der Waals surface area contributed by atoms with Gasteiger partial charge in [0.25, 0.3) is 5.91 Å². The fourth-order valence-corrected chi connectivity index (χ4v) is 3.26. The maximum Gasteiger partial charge on any atom is 0.254 e. The van der Waals surface area contributed by atoms with Crippen LogP contribution in [0.5, 0.6) is 0 Å². The third kappa shape index (κ3) is 4.66. The van der Waals surface area contributed by atoms with E-state index in [-0.39, 0.29) is 11.7 Å². The van der Waals surface area contributed by atoms with Crippen LogP contribution in [0.25, 0.3) is 0 Å². The molecule has 0 unspecified atom stereocenters. The highest BCUT2D eigenvalue weighted by atomic mass is 19.1. The summed E-state index contributed by atoms with van der Waals surface area (Å²) in [4.78, 5) is 19.3. The molecule has 0 aliphatic carbocycles. The lowest BCUT2D eigenvalue weighted by atomic mass is 10.1. The van der Waals surface area contributed by atoms with E-state index in [1.807, 2.05) is 16.8 Å². The van der Waals surface area contributed by atoms with E-state index in [9.17, 15) is 9.18 Å². The molecule has 2 heterocycles. The van der Waals surface area contributed by atoms with Gasteiger partial charge in [0.1, 0.15) is 17.4 Å². The summed E-state index contributed by atoms with van der Waals surface area (Å²) in [5, 5.41) is 0. The van der Waals surface area contributed by atoms with Gasteiger partial charge in [-0.2, -0.15) is 0 Å². The summed E-state index contributed by atoms with van der Waals surface area (Å²) in [5.41, 5.74) is 2.78. The molecule has 0 fully saturated rings. The third-order valence-electron chi connectivity index (χ3n) is 4.91. The number of rotatable bonds is 7. The Balaban J connectivity index is 1.57. The summed E-state index contributed by atoms with van der Waals surface area (Å²) in [6.45, 7) is 3.31. The number of hydrogen-bond donors (Lipinski definition) is 0. The van der Waals surface area contributed by atoms with E-state index in [0.717, 1.165) is 11.4 Å². The van der Waals surface area contributed by atoms with Crippen LogP contribution in [0.2, 0.25) is 0 Å². The van der Waals surface area contributed by atoms with Crippen LogP contribution in [0.4, 0.5) is 4.39 Å². The molecular formula is C24H22FN3O2. The third-order valence-corrected chi connectivity index (χ3v) is 4.91. The molecule has 0 bridgehead atoms. The van der Waals surface area contributed by atoms with Crippen molar-refractivity contribution in [3.8, 4) is 0 Å². The molecule has 30 heavy (non-hydrogen) atoms. The number of aryl methyl sites for hydroxylation is 1. The monoisotopic (exact) mass is 403 g/mol. The second kappa shape index (κ2) is 8.78. The molecule has 0 spiro atoms. The number of furan rings is 1. The number of amides is 1. The van der Waals surface area contributed by atoms with Crippen LogP contribution in [-0.2, 0) is 19.6 Å². The predicted octanol–water partition coefficient (Wildman–Crippen LogP) is 4.81. The fourth-order valence-electron chi connectivity index (χ4n) is 3.26. The summed E-state index contributed by atoms with van der Waals surface area (Å²) < 4.78 is 20.8. The number of hydrogen-bond acceptors (Lipinski definition) is 3. The molecule has 0 radical (unpaired) electrons. The van der Waals surface area contributed by atoms with Crippen molar-refractivity contribution < 1.29 is 13.6 Å². The average Bonchev–Trinajstić information content (AvgIpc) is 3.42. The van der Waals surface area contributed by atoms with Gasteiger partial charge in [-0.25, -0.2) is 9.37 Å². The van der Waals surface area contributed by atoms with Crippen molar-refractivity contribution in [1.82, 2.24) is 14.5 Å². The van der Waals surface area contributed by atoms with Crippen molar-refractivity contribution in [2.45, 2.75) is 26.6 Å². The van der Waals surface area contributed by atoms with Crippen molar-refractivity contribution >= 4 is 5.91 Å². The van der Waals surface area contributed by atoms with Crippen LogP contribution in [0.1, 0.15) is 33.1 Å². The molecular weight excluding hydrogens is 381 g/mol. The Morgan fingerprint density at radius 3 is 2.53 bits per heavy atom. The highest BCUT2D eigenvalue weighted by Gasteiger charge is 2.20. The van der Waals surface area contributed by atoms with Crippen molar-refractivity contribution in [3.63, 3.8) is 0 Å². The normalized spacial score (nSPS) is 10.9. The largest absolute Gasteiger partial charge is 0.467 e. The molecule has 0 aliphatic heterocycles. The quantitative estimate of drug-likeness (QED) is 0.445. The number of aromatic nitrogens is 2. The Bertz CT molecular complexity index is 1100. The summed E-state index contributed by atoms with van der Waals surface area (Å²) in [5.74, 6) is 0.841. The highest BCUT2D eigenvalue weighted by Crippen LogP contribution is 2.16. The summed E-state index contributed by atoms with van der Waals surface area (Å²) in [7, 11) is 0. The number of carbonyl (C=O) groups excluding carboxylic acids is 1. The zero-order valence-electron chi connectivity index (χ0n) is 16.7. The number of benzene rings is 2. The van der Waals surface area contributed by atoms with E-state index in [0.29, 0.717) is 31.0 Å². The molecule has 5 nitrogen and oxygen atoms in total. The molecule has 0 saturated carbocycles. The van der Waals surface area contributed by atoms with Crippen LogP contribution >= 0.6 is 0 Å². The van der Waals surface area contributed by atoms with E-state index >= 15 is 0 Å². The van der Waals surface area contributed by atoms with Crippen molar-refractivity contribution in [1.29, 1.82) is 0 Å². The maximum atomic E-state index is 13.3. The van der Waals surface area contributed by atoms with Crippen LogP contribution < -0.4 is 0 Å². The van der Waals surface area contributed by atoms with Gasteiger partial charge >= 0.3 is 0 Å². The first kappa shape index (κ1) is 19.6. The lowest BCUT2D eigenvalue weighted by Gasteiger charge is -2.22. The van der Waals surface area contributed by atoms with Crippen LogP contribution in [0.15, 0.2) is 83.7 Å². The van der Waals surface area contributed by atoms with Gasteiger partial charge in [-0.3, -0.25) is 4.79 Å². The molecule has 0 saturated heterocycles. The van der Waals surface area contributed by atoms with E-state index in [1.54, 1.807) is 23.4 Å². The Kier molecular flexibility index (Phi) is 5.75. The van der Waals surface area contributed by atoms with E-state index in [1.165, 1.54) is 29.8 Å². The lowest BCUT2D eigenvalue weighted by molar-refractivity contribution is 0.0711. The predicted molar refractivity (Wildman–Crippen MR) is 111 cm³/mol. The Morgan fingerprint density at radius 2 is 1.83 bits per heavy atom. The average molecular weight is 403 g/mol. The summed E-state index contributed by atoms with van der Waals surface area (Å²) in [6, 6.07) is 17.5. The second-order valence-corrected chi connectivity index (χ2v) is 7.20. The van der Waals surface area contributed by atoms with Gasteiger partial charge < -0.3 is 13.9 Å². The van der Waals surface area contributed by atoms with Gasteiger partial charge in [-0.05, 0) is 48.9 Å². The first-order chi connectivity index (χ1) is 14.6. The van der Waals surface area contributed by atoms with E-state index in [4.69, 9.17) is 4.42 Å². The molecule has 152 valence electrons. The molecule has 6 heteroatoms. The molecule has 2 aromatic heterocycles. The fraction of sp³-hybridized carbons (Fsp3) is 0.167. The topological polar surface area (TPSA) is 51.3 Å². The number of imidazole rings is 1. The first-order valence-corrected chi connectivity index (χ1v) is 9.71. The SMILES string of the molecule is Cc1ccc(Cn2ccnc2CN(Cc2ccco2)C(=O)c2ccc(F)cc2)cc1. The highest BCUT2D eigenvalue weighted by molar-refractivity contribution is 5.94. The van der Waals surface area contributed by atoms with Gasteiger partial charge in [0.05, 0.1) is 19.4 Å². The van der Waals surface area contributed by atoms with Crippen molar-refractivity contribution in [2.75, 3.05) is 0 Å². The first-order valence-electron chi connectivity index (χ1n) is 9.71. The minimum atomic E-state index is -0.377. The van der Waals surface area contributed by atoms with E-state index in [2.05, 4.69) is 36.2 Å². The number of nitrogens with zero attached hydrogens (tertiary/aromatic N) is 3. The Hall–Kier alpha value is -3.67. The van der Waals surface area contributed by atoms with Gasteiger partial charge in [0, 0.05) is 24.5 Å². The Labute approximate surface area is 174 Å². The maximum absolute atomic E-state index is 13.3. The van der Waals surface area contributed by atoms with Gasteiger partial charge in [0.2, 0.25) is 0 Å². The van der Waals surface area contributed by atoms with Crippen molar-refractivity contribution in [2.24, 2.45) is 0 Å². The summed E-state index contributed by atoms with van der Waals surface area (Å²) in [6.07, 6.45) is 5.22. The van der Waals surface area contributed by atoms with Crippen molar-refractivity contribution in [3.05, 3.63) is 113 Å². The second-order valence-electron chi connectivity index (χ2n) is 7.20. The van der Waals surface area contributed by atoms with Crippen LogP contribution in [0.3, 0.4) is 0 Å². The number of carbonyl (C=O) groups is 1. The smallest absolute Gasteiger partial charge is 0.254 e. The van der Waals surface area contributed by atoms with Gasteiger partial charge in [-0.1, -0.05) is 29.8 Å². The van der Waals surface area contributed by atoms with Gasteiger partial charge in [0.15, 0.2) is 0 Å². The molecule has 1 amide bonds.